The maximum absolute atomic E-state index is 12.1. The van der Waals surface area contributed by atoms with E-state index in [1.165, 1.54) is 0 Å². The summed E-state index contributed by atoms with van der Waals surface area (Å²) in [6.45, 7) is 4.30. The predicted octanol–water partition coefficient (Wildman–Crippen LogP) is 1.81. The molecule has 0 radical (unpaired) electrons. The Balaban J connectivity index is 1.78. The highest BCUT2D eigenvalue weighted by molar-refractivity contribution is 5.78. The lowest BCUT2D eigenvalue weighted by Crippen LogP contribution is -2.24. The van der Waals surface area contributed by atoms with E-state index in [9.17, 15) is 4.79 Å². The fraction of sp³-hybridized carbons (Fsp3) is 0.267. The van der Waals surface area contributed by atoms with Crippen LogP contribution in [-0.4, -0.2) is 20.2 Å². The van der Waals surface area contributed by atoms with Crippen molar-refractivity contribution in [2.45, 2.75) is 26.4 Å². The van der Waals surface area contributed by atoms with Crippen LogP contribution in [0, 0.1) is 6.92 Å². The smallest absolute Gasteiger partial charge is 0.252 e. The monoisotopic (exact) mass is 283 g/mol. The van der Waals surface area contributed by atoms with Gasteiger partial charge in [0, 0.05) is 17.6 Å². The second-order valence-electron chi connectivity index (χ2n) is 5.09. The Labute approximate surface area is 121 Å². The molecule has 0 aliphatic rings. The van der Waals surface area contributed by atoms with Crippen LogP contribution in [0.25, 0.3) is 10.9 Å². The van der Waals surface area contributed by atoms with Gasteiger partial charge in [0.2, 0.25) is 0 Å². The van der Waals surface area contributed by atoms with Gasteiger partial charge in [-0.25, -0.2) is 4.98 Å². The molecule has 3 N–H and O–H groups in total. The van der Waals surface area contributed by atoms with E-state index < -0.39 is 0 Å². The third-order valence-electron chi connectivity index (χ3n) is 3.43. The molecule has 6 heteroatoms. The summed E-state index contributed by atoms with van der Waals surface area (Å²) in [4.78, 5) is 19.2. The van der Waals surface area contributed by atoms with Crippen molar-refractivity contribution in [2.75, 3.05) is 0 Å². The Morgan fingerprint density at radius 2 is 2.14 bits per heavy atom. The van der Waals surface area contributed by atoms with E-state index in [0.717, 1.165) is 16.7 Å². The quantitative estimate of drug-likeness (QED) is 0.681. The maximum atomic E-state index is 12.1. The number of fused-ring (bicyclic) bond motifs is 1. The summed E-state index contributed by atoms with van der Waals surface area (Å²) < 4.78 is 0. The Bertz CT molecular complexity index is 820. The lowest BCUT2D eigenvalue weighted by molar-refractivity contribution is 0.546. The first kappa shape index (κ1) is 13.5. The number of hydrogen-bond donors (Lipinski definition) is 3. The van der Waals surface area contributed by atoms with Gasteiger partial charge in [0.15, 0.2) is 5.82 Å². The van der Waals surface area contributed by atoms with Gasteiger partial charge in [-0.15, -0.1) is 0 Å². The summed E-state index contributed by atoms with van der Waals surface area (Å²) in [5, 5.41) is 11.2. The molecule has 3 aromatic rings. The molecule has 108 valence electrons. The van der Waals surface area contributed by atoms with Crippen molar-refractivity contribution in [2.24, 2.45) is 0 Å². The highest BCUT2D eigenvalue weighted by atomic mass is 16.1. The number of nitrogens with zero attached hydrogens (tertiary/aromatic N) is 2. The number of nitrogens with one attached hydrogen (secondary N) is 3. The molecule has 0 aliphatic carbocycles. The van der Waals surface area contributed by atoms with Crippen molar-refractivity contribution >= 4 is 10.9 Å². The van der Waals surface area contributed by atoms with E-state index in [1.54, 1.807) is 0 Å². The number of aromatic nitrogens is 4. The SMILES string of the molecule is Cc1nc(C(C)NCc2cc3ccccc3[nH]c2=O)n[nH]1. The second kappa shape index (κ2) is 5.49. The van der Waals surface area contributed by atoms with E-state index in [0.29, 0.717) is 17.9 Å². The number of hydrogen-bond acceptors (Lipinski definition) is 4. The number of pyridine rings is 1. The third-order valence-corrected chi connectivity index (χ3v) is 3.43. The van der Waals surface area contributed by atoms with Gasteiger partial charge in [-0.2, -0.15) is 5.10 Å². The van der Waals surface area contributed by atoms with Crippen LogP contribution in [0.4, 0.5) is 0 Å². The maximum Gasteiger partial charge on any atom is 0.252 e. The number of H-pyrrole nitrogens is 2. The lowest BCUT2D eigenvalue weighted by Gasteiger charge is -2.10. The number of rotatable bonds is 4. The van der Waals surface area contributed by atoms with Gasteiger partial charge in [0.25, 0.3) is 5.56 Å². The number of benzene rings is 1. The summed E-state index contributed by atoms with van der Waals surface area (Å²) in [6, 6.07) is 9.63. The van der Waals surface area contributed by atoms with Crippen molar-refractivity contribution in [3.05, 3.63) is 57.9 Å². The summed E-state index contributed by atoms with van der Waals surface area (Å²) in [5.41, 5.74) is 1.48. The van der Waals surface area contributed by atoms with Gasteiger partial charge in [0.1, 0.15) is 5.82 Å². The molecule has 3 rings (SSSR count). The van der Waals surface area contributed by atoms with Gasteiger partial charge >= 0.3 is 0 Å². The number of aromatic amines is 2. The molecule has 21 heavy (non-hydrogen) atoms. The molecular weight excluding hydrogens is 266 g/mol. The van der Waals surface area contributed by atoms with Gasteiger partial charge < -0.3 is 10.3 Å². The van der Waals surface area contributed by atoms with Crippen molar-refractivity contribution in [3.8, 4) is 0 Å². The molecule has 0 saturated heterocycles. The van der Waals surface area contributed by atoms with Crippen molar-refractivity contribution in [1.82, 2.24) is 25.5 Å². The molecule has 0 saturated carbocycles. The van der Waals surface area contributed by atoms with Crippen LogP contribution >= 0.6 is 0 Å². The molecule has 0 aliphatic heterocycles. The van der Waals surface area contributed by atoms with Crippen LogP contribution in [-0.2, 0) is 6.54 Å². The summed E-state index contributed by atoms with van der Waals surface area (Å²) >= 11 is 0. The molecule has 1 atom stereocenters. The number of aryl methyl sites for hydroxylation is 1. The summed E-state index contributed by atoms with van der Waals surface area (Å²) in [6.07, 6.45) is 0. The fourth-order valence-electron chi connectivity index (χ4n) is 2.23. The average Bonchev–Trinajstić information content (AvgIpc) is 2.91. The first-order valence-corrected chi connectivity index (χ1v) is 6.87. The highest BCUT2D eigenvalue weighted by Gasteiger charge is 2.11. The topological polar surface area (TPSA) is 86.5 Å². The normalized spacial score (nSPS) is 12.7. The third kappa shape index (κ3) is 2.85. The molecular formula is C15H17N5O. The fourth-order valence-corrected chi connectivity index (χ4v) is 2.23. The predicted molar refractivity (Wildman–Crippen MR) is 80.9 cm³/mol. The largest absolute Gasteiger partial charge is 0.322 e. The van der Waals surface area contributed by atoms with Crippen molar-refractivity contribution in [1.29, 1.82) is 0 Å². The van der Waals surface area contributed by atoms with Gasteiger partial charge in [-0.3, -0.25) is 9.89 Å². The van der Waals surface area contributed by atoms with Crippen molar-refractivity contribution < 1.29 is 0 Å². The van der Waals surface area contributed by atoms with E-state index in [1.807, 2.05) is 44.2 Å². The average molecular weight is 283 g/mol. The minimum atomic E-state index is -0.0698. The molecule has 2 aromatic heterocycles. The zero-order valence-electron chi connectivity index (χ0n) is 12.0. The molecule has 2 heterocycles. The minimum Gasteiger partial charge on any atom is -0.322 e. The molecule has 1 aromatic carbocycles. The van der Waals surface area contributed by atoms with Crippen LogP contribution in [0.5, 0.6) is 0 Å². The zero-order chi connectivity index (χ0) is 14.8. The van der Waals surface area contributed by atoms with Gasteiger partial charge in [-0.05, 0) is 31.4 Å². The van der Waals surface area contributed by atoms with E-state index in [4.69, 9.17) is 0 Å². The standard InChI is InChI=1S/C15H17N5O/c1-9(14-17-10(2)19-20-14)16-8-12-7-11-5-3-4-6-13(11)18-15(12)21/h3-7,9,16H,8H2,1-2H3,(H,18,21)(H,17,19,20). The van der Waals surface area contributed by atoms with Gasteiger partial charge in [0.05, 0.1) is 6.04 Å². The first-order chi connectivity index (χ1) is 10.1. The van der Waals surface area contributed by atoms with E-state index in [-0.39, 0.29) is 11.6 Å². The van der Waals surface area contributed by atoms with E-state index >= 15 is 0 Å². The van der Waals surface area contributed by atoms with E-state index in [2.05, 4.69) is 25.5 Å². The van der Waals surface area contributed by atoms with Crippen LogP contribution in [0.3, 0.4) is 0 Å². The van der Waals surface area contributed by atoms with Crippen LogP contribution in [0.15, 0.2) is 35.1 Å². The molecule has 0 bridgehead atoms. The minimum absolute atomic E-state index is 0.0270. The van der Waals surface area contributed by atoms with Crippen LogP contribution in [0.1, 0.15) is 30.2 Å². The van der Waals surface area contributed by atoms with Gasteiger partial charge in [-0.1, -0.05) is 18.2 Å². The molecule has 0 spiro atoms. The molecule has 0 fully saturated rings. The first-order valence-electron chi connectivity index (χ1n) is 6.87. The summed E-state index contributed by atoms with van der Waals surface area (Å²) in [5.74, 6) is 1.48. The Morgan fingerprint density at radius 3 is 2.90 bits per heavy atom. The Morgan fingerprint density at radius 1 is 1.33 bits per heavy atom. The molecule has 6 nitrogen and oxygen atoms in total. The second-order valence-corrected chi connectivity index (χ2v) is 5.09. The summed E-state index contributed by atoms with van der Waals surface area (Å²) in [7, 11) is 0. The van der Waals surface area contributed by atoms with Crippen LogP contribution < -0.4 is 10.9 Å². The Hall–Kier alpha value is -2.47. The lowest BCUT2D eigenvalue weighted by atomic mass is 10.1. The zero-order valence-corrected chi connectivity index (χ0v) is 12.0. The molecule has 0 amide bonds. The molecule has 1 unspecified atom stereocenters. The van der Waals surface area contributed by atoms with Crippen molar-refractivity contribution in [3.63, 3.8) is 0 Å². The number of para-hydroxylation sites is 1. The Kier molecular flexibility index (Phi) is 3.53. The highest BCUT2D eigenvalue weighted by Crippen LogP contribution is 2.11. The van der Waals surface area contributed by atoms with Crippen LogP contribution in [0.2, 0.25) is 0 Å².